The summed E-state index contributed by atoms with van der Waals surface area (Å²) >= 11 is 1.65. The number of rotatable bonds is 6. The van der Waals surface area contributed by atoms with Gasteiger partial charge in [0.25, 0.3) is 0 Å². The van der Waals surface area contributed by atoms with Gasteiger partial charge in [0.2, 0.25) is 11.8 Å². The number of thiazole rings is 1. The highest BCUT2D eigenvalue weighted by Gasteiger charge is 2.35. The number of anilines is 2. The lowest BCUT2D eigenvalue weighted by Gasteiger charge is -2.39. The van der Waals surface area contributed by atoms with E-state index in [2.05, 4.69) is 27.5 Å². The van der Waals surface area contributed by atoms with E-state index in [9.17, 15) is 9.59 Å². The number of hydrogen-bond donors (Lipinski definition) is 2. The van der Waals surface area contributed by atoms with Crippen LogP contribution >= 0.6 is 11.3 Å². The number of carbonyl (C=O) groups is 2. The Morgan fingerprint density at radius 3 is 2.81 bits per heavy atom. The number of piperazine rings is 1. The van der Waals surface area contributed by atoms with Crippen LogP contribution in [0.1, 0.15) is 49.7 Å². The standard InChI is InChI=1S/C22H31N7O2S/c1-3-4-17-13-25-22(32-17)27-19-5-8-24-20(26-19)16-6-10-28(11-7-16)21(31)18-14-23-9-12-29(18)15(2)30/h5,8,13,16,18,23H,3-4,6-7,9-12,14H2,1-2H3,(H,24,25,26,27)/t18-/m0/s1. The van der Waals surface area contributed by atoms with Gasteiger partial charge in [0, 0.05) is 62.8 Å². The third-order valence-electron chi connectivity index (χ3n) is 6.06. The largest absolute Gasteiger partial charge is 0.341 e. The molecule has 9 nitrogen and oxygen atoms in total. The molecule has 172 valence electrons. The summed E-state index contributed by atoms with van der Waals surface area (Å²) in [4.78, 5) is 43.5. The maximum absolute atomic E-state index is 13.1. The van der Waals surface area contributed by atoms with Crippen LogP contribution in [0.15, 0.2) is 18.5 Å². The van der Waals surface area contributed by atoms with Crippen LogP contribution in [0, 0.1) is 0 Å². The molecule has 2 saturated heterocycles. The molecule has 0 spiro atoms. The molecule has 0 bridgehead atoms. The molecule has 2 amide bonds. The van der Waals surface area contributed by atoms with E-state index in [0.29, 0.717) is 26.2 Å². The zero-order chi connectivity index (χ0) is 22.5. The monoisotopic (exact) mass is 457 g/mol. The number of piperidine rings is 1. The molecular formula is C22H31N7O2S. The molecule has 10 heteroatoms. The molecule has 2 aliphatic heterocycles. The second-order valence-electron chi connectivity index (χ2n) is 8.34. The third-order valence-corrected chi connectivity index (χ3v) is 7.04. The van der Waals surface area contributed by atoms with Crippen molar-refractivity contribution in [3.8, 4) is 0 Å². The molecule has 2 aromatic rings. The van der Waals surface area contributed by atoms with Crippen molar-refractivity contribution in [2.75, 3.05) is 38.0 Å². The van der Waals surface area contributed by atoms with Gasteiger partial charge in [-0.05, 0) is 25.3 Å². The van der Waals surface area contributed by atoms with Crippen molar-refractivity contribution in [3.63, 3.8) is 0 Å². The smallest absolute Gasteiger partial charge is 0.246 e. The summed E-state index contributed by atoms with van der Waals surface area (Å²) in [5.41, 5.74) is 0. The highest BCUT2D eigenvalue weighted by molar-refractivity contribution is 7.15. The predicted molar refractivity (Wildman–Crippen MR) is 124 cm³/mol. The Hall–Kier alpha value is -2.59. The van der Waals surface area contributed by atoms with Crippen LogP contribution < -0.4 is 10.6 Å². The highest BCUT2D eigenvalue weighted by atomic mass is 32.1. The van der Waals surface area contributed by atoms with E-state index in [-0.39, 0.29) is 17.7 Å². The van der Waals surface area contributed by atoms with E-state index < -0.39 is 6.04 Å². The van der Waals surface area contributed by atoms with E-state index in [1.165, 1.54) is 11.8 Å². The average Bonchev–Trinajstić information content (AvgIpc) is 3.26. The Balaban J connectivity index is 1.35. The van der Waals surface area contributed by atoms with Crippen molar-refractivity contribution in [2.45, 2.75) is 51.5 Å². The third kappa shape index (κ3) is 5.24. The minimum absolute atomic E-state index is 0.0360. The molecule has 2 N–H and O–H groups in total. The van der Waals surface area contributed by atoms with E-state index >= 15 is 0 Å². The van der Waals surface area contributed by atoms with Crippen LogP contribution in [0.5, 0.6) is 0 Å². The van der Waals surface area contributed by atoms with E-state index in [4.69, 9.17) is 4.98 Å². The predicted octanol–water partition coefficient (Wildman–Crippen LogP) is 2.16. The van der Waals surface area contributed by atoms with Crippen LogP contribution in [0.25, 0.3) is 0 Å². The number of likely N-dealkylation sites (tertiary alicyclic amines) is 1. The van der Waals surface area contributed by atoms with Gasteiger partial charge in [-0.25, -0.2) is 15.0 Å². The fraction of sp³-hybridized carbons (Fsp3) is 0.591. The SMILES string of the molecule is CCCc1cnc(Nc2ccnc(C3CCN(C(=O)[C@@H]4CNCCN4C(C)=O)CC3)n2)s1. The average molecular weight is 458 g/mol. The highest BCUT2D eigenvalue weighted by Crippen LogP contribution is 2.28. The van der Waals surface area contributed by atoms with Gasteiger partial charge in [-0.3, -0.25) is 9.59 Å². The first-order valence-electron chi connectivity index (χ1n) is 11.4. The van der Waals surface area contributed by atoms with Gasteiger partial charge in [-0.1, -0.05) is 13.3 Å². The first kappa shape index (κ1) is 22.6. The molecule has 4 rings (SSSR count). The van der Waals surface area contributed by atoms with Gasteiger partial charge >= 0.3 is 0 Å². The number of aromatic nitrogens is 3. The minimum Gasteiger partial charge on any atom is -0.341 e. The molecule has 2 aliphatic rings. The van der Waals surface area contributed by atoms with Gasteiger partial charge in [0.05, 0.1) is 0 Å². The van der Waals surface area contributed by atoms with E-state index in [1.54, 1.807) is 22.4 Å². The Morgan fingerprint density at radius 1 is 1.25 bits per heavy atom. The van der Waals surface area contributed by atoms with Crippen molar-refractivity contribution in [3.05, 3.63) is 29.2 Å². The first-order valence-corrected chi connectivity index (χ1v) is 12.2. The van der Waals surface area contributed by atoms with Gasteiger partial charge < -0.3 is 20.4 Å². The van der Waals surface area contributed by atoms with Crippen LogP contribution in [-0.2, 0) is 16.0 Å². The van der Waals surface area contributed by atoms with Gasteiger partial charge in [0.15, 0.2) is 5.13 Å². The molecule has 0 radical (unpaired) electrons. The second kappa shape index (κ2) is 10.4. The molecule has 0 aliphatic carbocycles. The summed E-state index contributed by atoms with van der Waals surface area (Å²) in [5, 5.41) is 7.37. The summed E-state index contributed by atoms with van der Waals surface area (Å²) in [6.45, 7) is 6.83. The fourth-order valence-corrected chi connectivity index (χ4v) is 5.27. The first-order chi connectivity index (χ1) is 15.5. The zero-order valence-corrected chi connectivity index (χ0v) is 19.5. The van der Waals surface area contributed by atoms with Crippen LogP contribution in [0.2, 0.25) is 0 Å². The molecule has 2 fully saturated rings. The zero-order valence-electron chi connectivity index (χ0n) is 18.7. The Bertz CT molecular complexity index is 942. The van der Waals surface area contributed by atoms with Crippen molar-refractivity contribution < 1.29 is 9.59 Å². The molecule has 0 saturated carbocycles. The number of amides is 2. The van der Waals surface area contributed by atoms with E-state index in [1.807, 2.05) is 17.2 Å². The Morgan fingerprint density at radius 2 is 2.06 bits per heavy atom. The fourth-order valence-electron chi connectivity index (χ4n) is 4.35. The summed E-state index contributed by atoms with van der Waals surface area (Å²) in [7, 11) is 0. The van der Waals surface area contributed by atoms with Gasteiger partial charge in [-0.15, -0.1) is 11.3 Å². The van der Waals surface area contributed by atoms with Crippen molar-refractivity contribution in [1.82, 2.24) is 30.1 Å². The maximum atomic E-state index is 13.1. The van der Waals surface area contributed by atoms with Crippen molar-refractivity contribution in [1.29, 1.82) is 0 Å². The summed E-state index contributed by atoms with van der Waals surface area (Å²) in [6.07, 6.45) is 7.46. The van der Waals surface area contributed by atoms with Crippen molar-refractivity contribution in [2.24, 2.45) is 0 Å². The van der Waals surface area contributed by atoms with Crippen LogP contribution in [0.4, 0.5) is 10.9 Å². The summed E-state index contributed by atoms with van der Waals surface area (Å²) in [5.74, 6) is 1.75. The number of aryl methyl sites for hydroxylation is 1. The Kier molecular flexibility index (Phi) is 7.31. The summed E-state index contributed by atoms with van der Waals surface area (Å²) < 4.78 is 0. The van der Waals surface area contributed by atoms with E-state index in [0.717, 1.165) is 49.0 Å². The van der Waals surface area contributed by atoms with Crippen LogP contribution in [0.3, 0.4) is 0 Å². The van der Waals surface area contributed by atoms with Gasteiger partial charge in [0.1, 0.15) is 17.7 Å². The number of carbonyl (C=O) groups excluding carboxylic acids is 2. The molecule has 32 heavy (non-hydrogen) atoms. The minimum atomic E-state index is -0.405. The lowest BCUT2D eigenvalue weighted by atomic mass is 9.95. The number of nitrogens with one attached hydrogen (secondary N) is 2. The molecule has 0 unspecified atom stereocenters. The normalized spacial score (nSPS) is 19.8. The van der Waals surface area contributed by atoms with Crippen molar-refractivity contribution >= 4 is 34.1 Å². The molecule has 4 heterocycles. The lowest BCUT2D eigenvalue weighted by molar-refractivity contribution is -0.146. The maximum Gasteiger partial charge on any atom is 0.246 e. The molecular weight excluding hydrogens is 426 g/mol. The molecule has 1 atom stereocenters. The summed E-state index contributed by atoms with van der Waals surface area (Å²) in [6, 6.07) is 1.45. The number of hydrogen-bond acceptors (Lipinski definition) is 8. The lowest BCUT2D eigenvalue weighted by Crippen LogP contribution is -2.60. The second-order valence-corrected chi connectivity index (χ2v) is 9.45. The molecule has 0 aromatic carbocycles. The molecule has 2 aromatic heterocycles. The quantitative estimate of drug-likeness (QED) is 0.685. The topological polar surface area (TPSA) is 103 Å². The van der Waals surface area contributed by atoms with Gasteiger partial charge in [-0.2, -0.15) is 0 Å². The van der Waals surface area contributed by atoms with Crippen LogP contribution in [-0.4, -0.2) is 75.3 Å². The number of nitrogens with zero attached hydrogens (tertiary/aromatic N) is 5. The Labute approximate surface area is 192 Å².